The molecule has 1 rings (SSSR count). The van der Waals surface area contributed by atoms with Crippen molar-refractivity contribution in [2.24, 2.45) is 5.41 Å². The fraction of sp³-hybridized carbons (Fsp3) is 0.500. The normalized spacial score (nSPS) is 11.1. The van der Waals surface area contributed by atoms with Gasteiger partial charge >= 0.3 is 0 Å². The van der Waals surface area contributed by atoms with Gasteiger partial charge in [-0.25, -0.2) is 0 Å². The highest BCUT2D eigenvalue weighted by Crippen LogP contribution is 2.17. The second kappa shape index (κ2) is 6.78. The summed E-state index contributed by atoms with van der Waals surface area (Å²) in [5.74, 6) is 0.738. The number of hydrogen-bond donors (Lipinski definition) is 1. The van der Waals surface area contributed by atoms with Crippen LogP contribution in [0.25, 0.3) is 0 Å². The first-order chi connectivity index (χ1) is 8.48. The van der Waals surface area contributed by atoms with Gasteiger partial charge in [0.2, 0.25) is 0 Å². The maximum absolute atomic E-state index is 11.9. The van der Waals surface area contributed by atoms with E-state index in [0.717, 1.165) is 11.1 Å². The molecule has 1 aromatic carbocycles. The molecule has 0 unspecified atom stereocenters. The van der Waals surface area contributed by atoms with Crippen LogP contribution < -0.4 is 10.1 Å². The molecule has 0 spiro atoms. The van der Waals surface area contributed by atoms with E-state index in [0.29, 0.717) is 18.7 Å². The van der Waals surface area contributed by atoms with Crippen LogP contribution in [0.15, 0.2) is 24.3 Å². The van der Waals surface area contributed by atoms with E-state index in [2.05, 4.69) is 35.1 Å². The third kappa shape index (κ3) is 4.69. The zero-order valence-electron chi connectivity index (χ0n) is 11.1. The summed E-state index contributed by atoms with van der Waals surface area (Å²) < 4.78 is 5.33. The number of amides is 1. The molecule has 1 N–H and O–H groups in total. The number of ether oxygens (including phenoxy) is 1. The lowest BCUT2D eigenvalue weighted by atomic mass is 9.97. The van der Waals surface area contributed by atoms with Crippen LogP contribution in [0.2, 0.25) is 0 Å². The van der Waals surface area contributed by atoms with Crippen molar-refractivity contribution in [1.82, 2.24) is 5.32 Å². The van der Waals surface area contributed by atoms with Crippen molar-refractivity contribution in [3.63, 3.8) is 0 Å². The van der Waals surface area contributed by atoms with E-state index in [-0.39, 0.29) is 11.3 Å². The number of nitrogens with one attached hydrogen (secondary N) is 1. The minimum Gasteiger partial charge on any atom is -0.494 e. The van der Waals surface area contributed by atoms with Crippen molar-refractivity contribution in [3.8, 4) is 5.75 Å². The Labute approximate surface area is 117 Å². The van der Waals surface area contributed by atoms with Crippen LogP contribution in [-0.2, 0) is 0 Å². The maximum Gasteiger partial charge on any atom is 0.251 e. The van der Waals surface area contributed by atoms with E-state index in [4.69, 9.17) is 4.74 Å². The van der Waals surface area contributed by atoms with Crippen LogP contribution in [0.3, 0.4) is 0 Å². The largest absolute Gasteiger partial charge is 0.494 e. The third-order valence-corrected chi connectivity index (χ3v) is 4.03. The highest BCUT2D eigenvalue weighted by molar-refractivity contribution is 9.09. The first kappa shape index (κ1) is 15.0. The number of halogens is 1. The average molecular weight is 314 g/mol. The second-order valence-electron chi connectivity index (χ2n) is 4.94. The molecule has 0 aliphatic heterocycles. The SMILES string of the molecule is CCOc1ccc(C(=O)NCC(C)(C)CBr)cc1. The van der Waals surface area contributed by atoms with Gasteiger partial charge < -0.3 is 10.1 Å². The van der Waals surface area contributed by atoms with Crippen LogP contribution in [0.4, 0.5) is 0 Å². The lowest BCUT2D eigenvalue weighted by Gasteiger charge is -2.21. The fourth-order valence-electron chi connectivity index (χ4n) is 1.34. The predicted molar refractivity (Wildman–Crippen MR) is 77.5 cm³/mol. The summed E-state index contributed by atoms with van der Waals surface area (Å²) in [7, 11) is 0. The maximum atomic E-state index is 11.9. The molecule has 0 atom stereocenters. The number of carbonyl (C=O) groups is 1. The molecule has 0 aliphatic carbocycles. The van der Waals surface area contributed by atoms with E-state index >= 15 is 0 Å². The molecule has 1 amide bonds. The molecule has 4 heteroatoms. The summed E-state index contributed by atoms with van der Waals surface area (Å²) in [5.41, 5.74) is 0.713. The second-order valence-corrected chi connectivity index (χ2v) is 5.50. The summed E-state index contributed by atoms with van der Waals surface area (Å²) >= 11 is 3.44. The lowest BCUT2D eigenvalue weighted by Crippen LogP contribution is -2.34. The van der Waals surface area contributed by atoms with E-state index in [1.54, 1.807) is 12.1 Å². The summed E-state index contributed by atoms with van der Waals surface area (Å²) in [6.45, 7) is 7.40. The molecule has 0 aromatic heterocycles. The number of carbonyl (C=O) groups excluding carboxylic acids is 1. The number of rotatable bonds is 6. The Morgan fingerprint density at radius 2 is 1.94 bits per heavy atom. The van der Waals surface area contributed by atoms with E-state index in [1.165, 1.54) is 0 Å². The molecule has 0 radical (unpaired) electrons. The van der Waals surface area contributed by atoms with Gasteiger partial charge in [0.05, 0.1) is 6.61 Å². The molecule has 1 aromatic rings. The van der Waals surface area contributed by atoms with Gasteiger partial charge in [-0.2, -0.15) is 0 Å². The monoisotopic (exact) mass is 313 g/mol. The van der Waals surface area contributed by atoms with Crippen molar-refractivity contribution in [2.45, 2.75) is 20.8 Å². The molecule has 3 nitrogen and oxygen atoms in total. The molecular weight excluding hydrogens is 294 g/mol. The van der Waals surface area contributed by atoms with E-state index in [1.807, 2.05) is 19.1 Å². The highest BCUT2D eigenvalue weighted by atomic mass is 79.9. The van der Waals surface area contributed by atoms with Crippen LogP contribution in [0.5, 0.6) is 5.75 Å². The first-order valence-electron chi connectivity index (χ1n) is 6.05. The van der Waals surface area contributed by atoms with Crippen LogP contribution in [0, 0.1) is 5.41 Å². The van der Waals surface area contributed by atoms with Crippen molar-refractivity contribution in [2.75, 3.05) is 18.5 Å². The lowest BCUT2D eigenvalue weighted by molar-refractivity contribution is 0.0940. The van der Waals surface area contributed by atoms with Crippen molar-refractivity contribution in [3.05, 3.63) is 29.8 Å². The van der Waals surface area contributed by atoms with E-state index in [9.17, 15) is 4.79 Å². The van der Waals surface area contributed by atoms with E-state index < -0.39 is 0 Å². The van der Waals surface area contributed by atoms with Gasteiger partial charge in [0.15, 0.2) is 0 Å². The van der Waals surface area contributed by atoms with Gasteiger partial charge in [0.25, 0.3) is 5.91 Å². The van der Waals surface area contributed by atoms with Gasteiger partial charge in [-0.05, 0) is 36.6 Å². The first-order valence-corrected chi connectivity index (χ1v) is 7.17. The summed E-state index contributed by atoms with van der Waals surface area (Å²) in [6, 6.07) is 7.19. The average Bonchev–Trinajstić information content (AvgIpc) is 2.37. The fourth-order valence-corrected chi connectivity index (χ4v) is 1.54. The molecule has 0 saturated heterocycles. The molecular formula is C14H20BrNO2. The summed E-state index contributed by atoms with van der Waals surface area (Å²) in [4.78, 5) is 11.9. The summed E-state index contributed by atoms with van der Waals surface area (Å²) in [6.07, 6.45) is 0. The quantitative estimate of drug-likeness (QED) is 0.819. The topological polar surface area (TPSA) is 38.3 Å². The Morgan fingerprint density at radius 3 is 2.44 bits per heavy atom. The minimum absolute atomic E-state index is 0.0490. The molecule has 100 valence electrons. The van der Waals surface area contributed by atoms with Crippen LogP contribution >= 0.6 is 15.9 Å². The Hall–Kier alpha value is -1.03. The van der Waals surface area contributed by atoms with Gasteiger partial charge in [0.1, 0.15) is 5.75 Å². The van der Waals surface area contributed by atoms with Gasteiger partial charge in [-0.3, -0.25) is 4.79 Å². The molecule has 0 aliphatic rings. The number of alkyl halides is 1. The Balaban J connectivity index is 2.56. The molecule has 0 saturated carbocycles. The van der Waals surface area contributed by atoms with Crippen LogP contribution in [0.1, 0.15) is 31.1 Å². The number of hydrogen-bond acceptors (Lipinski definition) is 2. The molecule has 0 heterocycles. The Bertz CT molecular complexity index is 387. The molecule has 0 fully saturated rings. The zero-order valence-corrected chi connectivity index (χ0v) is 12.7. The van der Waals surface area contributed by atoms with Crippen molar-refractivity contribution in [1.29, 1.82) is 0 Å². The smallest absolute Gasteiger partial charge is 0.251 e. The predicted octanol–water partition coefficient (Wildman–Crippen LogP) is 3.24. The third-order valence-electron chi connectivity index (χ3n) is 2.52. The zero-order chi connectivity index (χ0) is 13.6. The molecule has 0 bridgehead atoms. The van der Waals surface area contributed by atoms with Crippen molar-refractivity contribution < 1.29 is 9.53 Å². The molecule has 18 heavy (non-hydrogen) atoms. The minimum atomic E-state index is -0.0490. The standard InChI is InChI=1S/C14H20BrNO2/c1-4-18-12-7-5-11(6-8-12)13(17)16-10-14(2,3)9-15/h5-8H,4,9-10H2,1-3H3,(H,16,17). The summed E-state index contributed by atoms with van der Waals surface area (Å²) in [5, 5.41) is 3.78. The Kier molecular flexibility index (Phi) is 5.66. The Morgan fingerprint density at radius 1 is 1.33 bits per heavy atom. The van der Waals surface area contributed by atoms with Crippen LogP contribution in [-0.4, -0.2) is 24.4 Å². The van der Waals surface area contributed by atoms with Gasteiger partial charge in [-0.1, -0.05) is 29.8 Å². The van der Waals surface area contributed by atoms with Gasteiger partial charge in [0, 0.05) is 17.4 Å². The van der Waals surface area contributed by atoms with Crippen molar-refractivity contribution >= 4 is 21.8 Å². The highest BCUT2D eigenvalue weighted by Gasteiger charge is 2.17. The van der Waals surface area contributed by atoms with Gasteiger partial charge in [-0.15, -0.1) is 0 Å². The number of benzene rings is 1.